The lowest BCUT2D eigenvalue weighted by molar-refractivity contribution is -0.140. The Morgan fingerprint density at radius 2 is 1.46 bits per heavy atom. The standard InChI is InChI=1S/C29H35N3O4S/c1-4-20-30-29(34)27(5-2)31(21-24-12-8-6-9-13-24)28(33)22-32(25-14-10-7-11-15-25)37(35,36)26-18-16-23(3)17-19-26/h6-19,27H,4-5,20-22H2,1-3H3,(H,30,34)/t27-/m0/s1. The summed E-state index contributed by atoms with van der Waals surface area (Å²) in [5.41, 5.74) is 2.16. The zero-order valence-electron chi connectivity index (χ0n) is 21.6. The van der Waals surface area contributed by atoms with Crippen LogP contribution in [-0.4, -0.2) is 44.3 Å². The maximum absolute atomic E-state index is 13.9. The van der Waals surface area contributed by atoms with Crippen LogP contribution in [-0.2, 0) is 26.2 Å². The third-order valence-electron chi connectivity index (χ3n) is 6.06. The van der Waals surface area contributed by atoms with E-state index in [0.29, 0.717) is 18.7 Å². The van der Waals surface area contributed by atoms with E-state index < -0.39 is 28.5 Å². The van der Waals surface area contributed by atoms with Crippen LogP contribution in [0.1, 0.15) is 37.8 Å². The predicted octanol–water partition coefficient (Wildman–Crippen LogP) is 4.52. The SMILES string of the molecule is CCCNC(=O)[C@H](CC)N(Cc1ccccc1)C(=O)CN(c1ccccc1)S(=O)(=O)c1ccc(C)cc1. The molecule has 0 aliphatic heterocycles. The molecule has 1 atom stereocenters. The monoisotopic (exact) mass is 521 g/mol. The van der Waals surface area contributed by atoms with E-state index in [4.69, 9.17) is 0 Å². The van der Waals surface area contributed by atoms with E-state index in [2.05, 4.69) is 5.32 Å². The number of aryl methyl sites for hydroxylation is 1. The van der Waals surface area contributed by atoms with E-state index in [-0.39, 0.29) is 17.3 Å². The number of anilines is 1. The second kappa shape index (κ2) is 13.1. The first kappa shape index (κ1) is 27.9. The summed E-state index contributed by atoms with van der Waals surface area (Å²) in [7, 11) is -4.05. The van der Waals surface area contributed by atoms with Gasteiger partial charge in [0.2, 0.25) is 11.8 Å². The highest BCUT2D eigenvalue weighted by Crippen LogP contribution is 2.25. The van der Waals surface area contributed by atoms with Gasteiger partial charge in [-0.15, -0.1) is 0 Å². The first-order valence-electron chi connectivity index (χ1n) is 12.5. The van der Waals surface area contributed by atoms with Gasteiger partial charge >= 0.3 is 0 Å². The lowest BCUT2D eigenvalue weighted by Crippen LogP contribution is -2.52. The molecule has 37 heavy (non-hydrogen) atoms. The second-order valence-corrected chi connectivity index (χ2v) is 10.7. The van der Waals surface area contributed by atoms with Crippen LogP contribution in [0.25, 0.3) is 0 Å². The van der Waals surface area contributed by atoms with Crippen LogP contribution in [0, 0.1) is 6.92 Å². The Morgan fingerprint density at radius 1 is 0.865 bits per heavy atom. The highest BCUT2D eigenvalue weighted by atomic mass is 32.2. The minimum atomic E-state index is -4.05. The summed E-state index contributed by atoms with van der Waals surface area (Å²) in [4.78, 5) is 28.5. The topological polar surface area (TPSA) is 86.8 Å². The zero-order chi connectivity index (χ0) is 26.8. The van der Waals surface area contributed by atoms with Crippen LogP contribution in [0.5, 0.6) is 0 Å². The van der Waals surface area contributed by atoms with Crippen molar-refractivity contribution >= 4 is 27.5 Å². The number of sulfonamides is 1. The van der Waals surface area contributed by atoms with Gasteiger partial charge in [-0.2, -0.15) is 0 Å². The third-order valence-corrected chi connectivity index (χ3v) is 7.85. The highest BCUT2D eigenvalue weighted by molar-refractivity contribution is 7.92. The lowest BCUT2D eigenvalue weighted by Gasteiger charge is -2.33. The predicted molar refractivity (Wildman–Crippen MR) is 147 cm³/mol. The van der Waals surface area contributed by atoms with Crippen molar-refractivity contribution in [3.8, 4) is 0 Å². The molecule has 8 heteroatoms. The summed E-state index contributed by atoms with van der Waals surface area (Å²) in [6.45, 7) is 5.93. The van der Waals surface area contributed by atoms with Crippen LogP contribution in [0.2, 0.25) is 0 Å². The smallest absolute Gasteiger partial charge is 0.264 e. The Balaban J connectivity index is 2.01. The number of carbonyl (C=O) groups is 2. The third kappa shape index (κ3) is 7.20. The number of nitrogens with zero attached hydrogens (tertiary/aromatic N) is 2. The fourth-order valence-electron chi connectivity index (χ4n) is 4.03. The Bertz CT molecular complexity index is 1260. The molecule has 0 fully saturated rings. The van der Waals surface area contributed by atoms with Crippen molar-refractivity contribution in [2.45, 2.75) is 51.1 Å². The Hall–Kier alpha value is -3.65. The Kier molecular flexibility index (Phi) is 9.85. The average Bonchev–Trinajstić information content (AvgIpc) is 2.91. The van der Waals surface area contributed by atoms with Gasteiger partial charge < -0.3 is 10.2 Å². The van der Waals surface area contributed by atoms with E-state index in [0.717, 1.165) is 21.9 Å². The molecular formula is C29H35N3O4S. The number of hydrogen-bond donors (Lipinski definition) is 1. The summed E-state index contributed by atoms with van der Waals surface area (Å²) < 4.78 is 28.6. The molecule has 0 aliphatic rings. The summed E-state index contributed by atoms with van der Waals surface area (Å²) >= 11 is 0. The molecule has 3 rings (SSSR count). The van der Waals surface area contributed by atoms with Crippen molar-refractivity contribution in [2.75, 3.05) is 17.4 Å². The molecule has 3 aromatic carbocycles. The minimum absolute atomic E-state index is 0.0945. The van der Waals surface area contributed by atoms with Crippen LogP contribution in [0.15, 0.2) is 89.8 Å². The Labute approximate surface area is 220 Å². The number of hydrogen-bond acceptors (Lipinski definition) is 4. The molecule has 2 amide bonds. The van der Waals surface area contributed by atoms with Gasteiger partial charge in [-0.25, -0.2) is 8.42 Å². The normalized spacial score (nSPS) is 12.0. The molecule has 0 heterocycles. The number of carbonyl (C=O) groups excluding carboxylic acids is 2. The number of rotatable bonds is 12. The van der Waals surface area contributed by atoms with E-state index in [9.17, 15) is 18.0 Å². The molecule has 1 N–H and O–H groups in total. The van der Waals surface area contributed by atoms with Crippen molar-refractivity contribution in [3.05, 3.63) is 96.1 Å². The Morgan fingerprint density at radius 3 is 2.03 bits per heavy atom. The zero-order valence-corrected chi connectivity index (χ0v) is 22.4. The molecule has 0 aliphatic carbocycles. The van der Waals surface area contributed by atoms with Crippen LogP contribution in [0.3, 0.4) is 0 Å². The highest BCUT2D eigenvalue weighted by Gasteiger charge is 2.33. The van der Waals surface area contributed by atoms with Gasteiger partial charge in [0, 0.05) is 13.1 Å². The molecule has 0 spiro atoms. The van der Waals surface area contributed by atoms with E-state index in [1.54, 1.807) is 54.6 Å². The minimum Gasteiger partial charge on any atom is -0.354 e. The number of nitrogens with one attached hydrogen (secondary N) is 1. The van der Waals surface area contributed by atoms with Gasteiger partial charge in [-0.1, -0.05) is 80.1 Å². The van der Waals surface area contributed by atoms with Gasteiger partial charge in [-0.3, -0.25) is 13.9 Å². The van der Waals surface area contributed by atoms with E-state index >= 15 is 0 Å². The van der Waals surface area contributed by atoms with Crippen LogP contribution in [0.4, 0.5) is 5.69 Å². The first-order chi connectivity index (χ1) is 17.8. The molecule has 0 aromatic heterocycles. The largest absolute Gasteiger partial charge is 0.354 e. The summed E-state index contributed by atoms with van der Waals surface area (Å²) in [6.07, 6.45) is 1.16. The summed E-state index contributed by atoms with van der Waals surface area (Å²) in [6, 6.07) is 23.7. The first-order valence-corrected chi connectivity index (χ1v) is 14.0. The fraction of sp³-hybridized carbons (Fsp3) is 0.310. The van der Waals surface area contributed by atoms with Crippen molar-refractivity contribution in [1.29, 1.82) is 0 Å². The summed E-state index contributed by atoms with van der Waals surface area (Å²) in [5, 5.41) is 2.89. The van der Waals surface area contributed by atoms with Crippen LogP contribution < -0.4 is 9.62 Å². The van der Waals surface area contributed by atoms with Gasteiger partial charge in [0.15, 0.2) is 0 Å². The fourth-order valence-corrected chi connectivity index (χ4v) is 5.44. The van der Waals surface area contributed by atoms with Crippen molar-refractivity contribution < 1.29 is 18.0 Å². The molecule has 7 nitrogen and oxygen atoms in total. The van der Waals surface area contributed by atoms with Crippen molar-refractivity contribution in [2.24, 2.45) is 0 Å². The average molecular weight is 522 g/mol. The van der Waals surface area contributed by atoms with E-state index in [1.807, 2.05) is 51.1 Å². The number of amides is 2. The maximum Gasteiger partial charge on any atom is 0.264 e. The second-order valence-electron chi connectivity index (χ2n) is 8.88. The lowest BCUT2D eigenvalue weighted by atomic mass is 10.1. The summed E-state index contributed by atoms with van der Waals surface area (Å²) in [5.74, 6) is -0.705. The van der Waals surface area contributed by atoms with Gasteiger partial charge in [0.05, 0.1) is 10.6 Å². The van der Waals surface area contributed by atoms with E-state index in [1.165, 1.54) is 4.90 Å². The number of para-hydroxylation sites is 1. The molecule has 3 aromatic rings. The van der Waals surface area contributed by atoms with Gasteiger partial charge in [-0.05, 0) is 49.6 Å². The molecule has 0 saturated heterocycles. The van der Waals surface area contributed by atoms with Crippen molar-refractivity contribution in [1.82, 2.24) is 10.2 Å². The molecule has 0 bridgehead atoms. The van der Waals surface area contributed by atoms with Crippen molar-refractivity contribution in [3.63, 3.8) is 0 Å². The van der Waals surface area contributed by atoms with Gasteiger partial charge in [0.1, 0.15) is 12.6 Å². The maximum atomic E-state index is 13.9. The molecule has 0 radical (unpaired) electrons. The molecular weight excluding hydrogens is 486 g/mol. The molecule has 0 saturated carbocycles. The molecule has 196 valence electrons. The number of benzene rings is 3. The van der Waals surface area contributed by atoms with Gasteiger partial charge in [0.25, 0.3) is 10.0 Å². The van der Waals surface area contributed by atoms with Crippen LogP contribution >= 0.6 is 0 Å². The quantitative estimate of drug-likeness (QED) is 0.380. The molecule has 0 unspecified atom stereocenters.